The van der Waals surface area contributed by atoms with E-state index in [2.05, 4.69) is 19.1 Å². The minimum atomic E-state index is -1.05. The van der Waals surface area contributed by atoms with Crippen LogP contribution in [0, 0.1) is 11.3 Å². The third-order valence-electron chi connectivity index (χ3n) is 3.51. The summed E-state index contributed by atoms with van der Waals surface area (Å²) in [7, 11) is 0. The second-order valence-electron chi connectivity index (χ2n) is 4.79. The number of hydrogen-bond donors (Lipinski definition) is 1. The van der Waals surface area contributed by atoms with E-state index in [-0.39, 0.29) is 11.3 Å². The summed E-state index contributed by atoms with van der Waals surface area (Å²) in [6.45, 7) is 5.97. The molecule has 0 heterocycles. The number of hydrogen-bond acceptors (Lipinski definition) is 1. The highest BCUT2D eigenvalue weighted by Crippen LogP contribution is 2.67. The number of halogens is 1. The SMILES string of the molecule is CCCC=CCC1C(C)(C)C1(Cl)C(=O)O. The van der Waals surface area contributed by atoms with Crippen LogP contribution in [0.3, 0.4) is 0 Å². The van der Waals surface area contributed by atoms with Crippen LogP contribution in [0.15, 0.2) is 12.2 Å². The molecule has 2 atom stereocenters. The first-order chi connectivity index (χ1) is 6.89. The van der Waals surface area contributed by atoms with E-state index in [0.717, 1.165) is 19.3 Å². The second kappa shape index (κ2) is 4.17. The van der Waals surface area contributed by atoms with Crippen LogP contribution in [-0.4, -0.2) is 16.0 Å². The number of carboxylic acid groups (broad SMARTS) is 1. The Labute approximate surface area is 96.3 Å². The van der Waals surface area contributed by atoms with E-state index >= 15 is 0 Å². The highest BCUT2D eigenvalue weighted by atomic mass is 35.5. The quantitative estimate of drug-likeness (QED) is 0.580. The van der Waals surface area contributed by atoms with Crippen molar-refractivity contribution in [3.63, 3.8) is 0 Å². The molecule has 0 amide bonds. The van der Waals surface area contributed by atoms with Crippen molar-refractivity contribution in [3.8, 4) is 0 Å². The van der Waals surface area contributed by atoms with Gasteiger partial charge in [0.1, 0.15) is 0 Å². The summed E-state index contributed by atoms with van der Waals surface area (Å²) in [5, 5.41) is 9.07. The maximum Gasteiger partial charge on any atom is 0.325 e. The van der Waals surface area contributed by atoms with Crippen molar-refractivity contribution in [2.24, 2.45) is 11.3 Å². The first kappa shape index (κ1) is 12.6. The van der Waals surface area contributed by atoms with Crippen molar-refractivity contribution in [1.29, 1.82) is 0 Å². The predicted molar refractivity (Wildman–Crippen MR) is 62.2 cm³/mol. The van der Waals surface area contributed by atoms with Gasteiger partial charge in [-0.2, -0.15) is 0 Å². The van der Waals surface area contributed by atoms with Crippen LogP contribution in [-0.2, 0) is 4.79 Å². The lowest BCUT2D eigenvalue weighted by Crippen LogP contribution is -2.21. The maximum atomic E-state index is 11.0. The molecule has 1 N–H and O–H groups in total. The topological polar surface area (TPSA) is 37.3 Å². The van der Waals surface area contributed by atoms with Crippen LogP contribution in [0.4, 0.5) is 0 Å². The number of unbranched alkanes of at least 4 members (excludes halogenated alkanes) is 1. The lowest BCUT2D eigenvalue weighted by Gasteiger charge is -2.04. The normalized spacial score (nSPS) is 33.2. The molecular weight excluding hydrogens is 212 g/mol. The Kier molecular flexibility index (Phi) is 3.49. The van der Waals surface area contributed by atoms with E-state index in [0.29, 0.717) is 0 Å². The van der Waals surface area contributed by atoms with Crippen LogP contribution in [0.5, 0.6) is 0 Å². The van der Waals surface area contributed by atoms with Crippen molar-refractivity contribution in [1.82, 2.24) is 0 Å². The highest BCUT2D eigenvalue weighted by Gasteiger charge is 2.74. The second-order valence-corrected chi connectivity index (χ2v) is 5.38. The fourth-order valence-corrected chi connectivity index (χ4v) is 2.65. The monoisotopic (exact) mass is 230 g/mol. The number of carbonyl (C=O) groups is 1. The van der Waals surface area contributed by atoms with Gasteiger partial charge >= 0.3 is 5.97 Å². The van der Waals surface area contributed by atoms with E-state index < -0.39 is 10.8 Å². The van der Waals surface area contributed by atoms with Gasteiger partial charge in [0, 0.05) is 11.3 Å². The number of carboxylic acids is 1. The van der Waals surface area contributed by atoms with Gasteiger partial charge in [-0.05, 0) is 12.8 Å². The van der Waals surface area contributed by atoms with Crippen molar-refractivity contribution in [3.05, 3.63) is 12.2 Å². The molecule has 1 aliphatic carbocycles. The average molecular weight is 231 g/mol. The Morgan fingerprint density at radius 2 is 2.07 bits per heavy atom. The summed E-state index contributed by atoms with van der Waals surface area (Å²) in [5.41, 5.74) is -0.295. The minimum absolute atomic E-state index is 0.0530. The summed E-state index contributed by atoms with van der Waals surface area (Å²) >= 11 is 6.12. The van der Waals surface area contributed by atoms with E-state index in [1.165, 1.54) is 0 Å². The molecule has 0 radical (unpaired) electrons. The molecule has 0 aromatic carbocycles. The summed E-state index contributed by atoms with van der Waals surface area (Å²) in [5.74, 6) is -0.833. The molecule has 0 bridgehead atoms. The molecule has 0 aromatic heterocycles. The summed E-state index contributed by atoms with van der Waals surface area (Å²) in [6, 6.07) is 0. The van der Waals surface area contributed by atoms with Crippen molar-refractivity contribution < 1.29 is 9.90 Å². The first-order valence-corrected chi connectivity index (χ1v) is 5.84. The molecule has 86 valence electrons. The first-order valence-electron chi connectivity index (χ1n) is 5.46. The van der Waals surface area contributed by atoms with Gasteiger partial charge in [-0.15, -0.1) is 11.6 Å². The molecule has 15 heavy (non-hydrogen) atoms. The number of allylic oxidation sites excluding steroid dienone is 2. The van der Waals surface area contributed by atoms with Crippen LogP contribution < -0.4 is 0 Å². The molecule has 0 aliphatic heterocycles. The summed E-state index contributed by atoms with van der Waals surface area (Å²) in [4.78, 5) is 9.99. The van der Waals surface area contributed by atoms with E-state index in [1.54, 1.807) is 0 Å². The Morgan fingerprint density at radius 1 is 1.47 bits per heavy atom. The third-order valence-corrected chi connectivity index (χ3v) is 4.42. The highest BCUT2D eigenvalue weighted by molar-refractivity contribution is 6.37. The van der Waals surface area contributed by atoms with Gasteiger partial charge in [-0.3, -0.25) is 4.79 Å². The molecule has 0 saturated heterocycles. The zero-order valence-electron chi connectivity index (χ0n) is 9.59. The average Bonchev–Trinajstić information content (AvgIpc) is 2.58. The van der Waals surface area contributed by atoms with Crippen molar-refractivity contribution in [2.75, 3.05) is 0 Å². The molecule has 1 fully saturated rings. The van der Waals surface area contributed by atoms with Gasteiger partial charge < -0.3 is 5.11 Å². The van der Waals surface area contributed by atoms with Gasteiger partial charge in [-0.25, -0.2) is 0 Å². The maximum absolute atomic E-state index is 11.0. The summed E-state index contributed by atoms with van der Waals surface area (Å²) < 4.78 is 0. The molecule has 1 saturated carbocycles. The van der Waals surface area contributed by atoms with E-state index in [4.69, 9.17) is 16.7 Å². The van der Waals surface area contributed by atoms with Crippen LogP contribution in [0.2, 0.25) is 0 Å². The Bertz CT molecular complexity index is 283. The number of aliphatic carboxylic acids is 1. The number of alkyl halides is 1. The zero-order valence-corrected chi connectivity index (χ0v) is 10.3. The predicted octanol–water partition coefficient (Wildman–Crippen LogP) is 3.45. The molecule has 3 heteroatoms. The molecular formula is C12H19ClO2. The minimum Gasteiger partial charge on any atom is -0.480 e. The Morgan fingerprint density at radius 3 is 2.47 bits per heavy atom. The molecule has 0 aromatic rings. The van der Waals surface area contributed by atoms with Gasteiger partial charge in [-0.1, -0.05) is 39.3 Å². The Hall–Kier alpha value is -0.500. The van der Waals surface area contributed by atoms with Crippen LogP contribution in [0.1, 0.15) is 40.0 Å². The van der Waals surface area contributed by atoms with Gasteiger partial charge in [0.15, 0.2) is 4.87 Å². The number of rotatable bonds is 5. The fourth-order valence-electron chi connectivity index (χ4n) is 2.21. The summed E-state index contributed by atoms with van der Waals surface area (Å²) in [6.07, 6.45) is 7.10. The molecule has 2 nitrogen and oxygen atoms in total. The van der Waals surface area contributed by atoms with Crippen molar-refractivity contribution in [2.45, 2.75) is 44.9 Å². The van der Waals surface area contributed by atoms with E-state index in [1.807, 2.05) is 13.8 Å². The molecule has 1 rings (SSSR count). The molecule has 1 aliphatic rings. The van der Waals surface area contributed by atoms with Crippen LogP contribution in [0.25, 0.3) is 0 Å². The standard InChI is InChI=1S/C12H19ClO2/c1-4-5-6-7-8-9-11(2,3)12(9,13)10(14)15/h6-7,9H,4-5,8H2,1-3H3,(H,14,15). The lowest BCUT2D eigenvalue weighted by molar-refractivity contribution is -0.138. The van der Waals surface area contributed by atoms with Gasteiger partial charge in [0.2, 0.25) is 0 Å². The Balaban J connectivity index is 2.56. The smallest absolute Gasteiger partial charge is 0.325 e. The van der Waals surface area contributed by atoms with Gasteiger partial charge in [0.25, 0.3) is 0 Å². The molecule has 0 spiro atoms. The third kappa shape index (κ3) is 1.92. The molecule has 2 unspecified atom stereocenters. The zero-order chi connectivity index (χ0) is 11.7. The van der Waals surface area contributed by atoms with Crippen molar-refractivity contribution >= 4 is 17.6 Å². The van der Waals surface area contributed by atoms with Crippen LogP contribution >= 0.6 is 11.6 Å². The lowest BCUT2D eigenvalue weighted by atomic mass is 10.1. The van der Waals surface area contributed by atoms with E-state index in [9.17, 15) is 4.79 Å². The van der Waals surface area contributed by atoms with Gasteiger partial charge in [0.05, 0.1) is 0 Å². The largest absolute Gasteiger partial charge is 0.480 e. The fraction of sp³-hybridized carbons (Fsp3) is 0.750.